The lowest BCUT2D eigenvalue weighted by Crippen LogP contribution is -2.04. The van der Waals surface area contributed by atoms with Crippen LogP contribution in [0.15, 0.2) is 46.9 Å². The summed E-state index contributed by atoms with van der Waals surface area (Å²) in [5.41, 5.74) is 1.23. The van der Waals surface area contributed by atoms with E-state index in [1.54, 1.807) is 25.3 Å². The van der Waals surface area contributed by atoms with Crippen molar-refractivity contribution in [2.45, 2.75) is 6.42 Å². The molecule has 0 saturated carbocycles. The fraction of sp³-hybridized carbons (Fsp3) is 0.133. The van der Waals surface area contributed by atoms with E-state index < -0.39 is 5.82 Å². The van der Waals surface area contributed by atoms with Crippen LogP contribution in [0.5, 0.6) is 5.75 Å². The van der Waals surface area contributed by atoms with Gasteiger partial charge in [-0.2, -0.15) is 0 Å². The van der Waals surface area contributed by atoms with Gasteiger partial charge >= 0.3 is 0 Å². The van der Waals surface area contributed by atoms with Gasteiger partial charge in [-0.05, 0) is 35.9 Å². The molecule has 2 rings (SSSR count). The van der Waals surface area contributed by atoms with Crippen molar-refractivity contribution in [2.24, 2.45) is 0 Å². The summed E-state index contributed by atoms with van der Waals surface area (Å²) in [4.78, 5) is 12.1. The molecule has 19 heavy (non-hydrogen) atoms. The quantitative estimate of drug-likeness (QED) is 0.795. The van der Waals surface area contributed by atoms with Crippen LogP contribution >= 0.6 is 15.9 Å². The zero-order chi connectivity index (χ0) is 13.8. The number of rotatable bonds is 4. The molecule has 2 aromatic carbocycles. The third-order valence-corrected chi connectivity index (χ3v) is 3.17. The maximum Gasteiger partial charge on any atom is 0.167 e. The van der Waals surface area contributed by atoms with Crippen LogP contribution in [0.3, 0.4) is 0 Å². The highest BCUT2D eigenvalue weighted by molar-refractivity contribution is 9.10. The third kappa shape index (κ3) is 3.64. The van der Waals surface area contributed by atoms with Crippen LogP contribution in [-0.2, 0) is 6.42 Å². The van der Waals surface area contributed by atoms with Crippen LogP contribution in [-0.4, -0.2) is 12.9 Å². The summed E-state index contributed by atoms with van der Waals surface area (Å²) >= 11 is 3.18. The maximum atomic E-state index is 13.2. The first-order chi connectivity index (χ1) is 9.08. The molecule has 0 heterocycles. The van der Waals surface area contributed by atoms with E-state index >= 15 is 0 Å². The Bertz CT molecular complexity index is 573. The highest BCUT2D eigenvalue weighted by Gasteiger charge is 2.09. The zero-order valence-electron chi connectivity index (χ0n) is 10.3. The van der Waals surface area contributed by atoms with Crippen molar-refractivity contribution < 1.29 is 13.9 Å². The summed E-state index contributed by atoms with van der Waals surface area (Å²) in [7, 11) is 1.59. The average molecular weight is 323 g/mol. The van der Waals surface area contributed by atoms with Crippen molar-refractivity contribution in [1.29, 1.82) is 0 Å². The van der Waals surface area contributed by atoms with Gasteiger partial charge in [-0.15, -0.1) is 0 Å². The van der Waals surface area contributed by atoms with Gasteiger partial charge in [0.15, 0.2) is 5.78 Å². The Hall–Kier alpha value is -1.68. The van der Waals surface area contributed by atoms with Crippen LogP contribution in [0.1, 0.15) is 15.9 Å². The SMILES string of the molecule is COc1ccc(CC(=O)c2cc(F)cc(Br)c2)cc1. The van der Waals surface area contributed by atoms with Gasteiger partial charge in [0.1, 0.15) is 11.6 Å². The fourth-order valence-corrected chi connectivity index (χ4v) is 2.21. The minimum Gasteiger partial charge on any atom is -0.497 e. The Morgan fingerprint density at radius 2 is 1.89 bits per heavy atom. The topological polar surface area (TPSA) is 26.3 Å². The molecule has 2 nitrogen and oxygen atoms in total. The predicted octanol–water partition coefficient (Wildman–Crippen LogP) is 4.02. The predicted molar refractivity (Wildman–Crippen MR) is 75.1 cm³/mol. The molecular weight excluding hydrogens is 311 g/mol. The molecule has 0 bridgehead atoms. The molecule has 0 saturated heterocycles. The van der Waals surface area contributed by atoms with Crippen molar-refractivity contribution in [3.05, 3.63) is 63.9 Å². The lowest BCUT2D eigenvalue weighted by atomic mass is 10.0. The second-order valence-corrected chi connectivity index (χ2v) is 5.02. The molecule has 98 valence electrons. The Morgan fingerprint density at radius 3 is 2.47 bits per heavy atom. The normalized spacial score (nSPS) is 10.3. The number of ketones is 1. The van der Waals surface area contributed by atoms with Gasteiger partial charge in [0.2, 0.25) is 0 Å². The number of benzene rings is 2. The molecule has 0 aromatic heterocycles. The van der Waals surface area contributed by atoms with Gasteiger partial charge in [-0.1, -0.05) is 28.1 Å². The van der Waals surface area contributed by atoms with Gasteiger partial charge in [-0.25, -0.2) is 4.39 Å². The number of halogens is 2. The number of hydrogen-bond donors (Lipinski definition) is 0. The lowest BCUT2D eigenvalue weighted by Gasteiger charge is -2.04. The Kier molecular flexibility index (Phi) is 4.32. The summed E-state index contributed by atoms with van der Waals surface area (Å²) in [5.74, 6) is 0.197. The molecule has 0 radical (unpaired) electrons. The molecule has 0 N–H and O–H groups in total. The zero-order valence-corrected chi connectivity index (χ0v) is 11.9. The molecule has 0 atom stereocenters. The molecule has 0 fully saturated rings. The first kappa shape index (κ1) is 13.7. The summed E-state index contributed by atoms with van der Waals surface area (Å²) in [5, 5.41) is 0. The van der Waals surface area contributed by atoms with E-state index in [1.165, 1.54) is 12.1 Å². The van der Waals surface area contributed by atoms with Crippen molar-refractivity contribution in [3.63, 3.8) is 0 Å². The van der Waals surface area contributed by atoms with Crippen LogP contribution in [0.2, 0.25) is 0 Å². The summed E-state index contributed by atoms with van der Waals surface area (Å²) in [6.07, 6.45) is 0.236. The second-order valence-electron chi connectivity index (χ2n) is 4.11. The summed E-state index contributed by atoms with van der Waals surface area (Å²) in [6.45, 7) is 0. The van der Waals surface area contributed by atoms with E-state index in [2.05, 4.69) is 15.9 Å². The molecular formula is C15H12BrFO2. The van der Waals surface area contributed by atoms with E-state index in [4.69, 9.17) is 4.74 Å². The molecule has 0 aliphatic rings. The molecule has 2 aromatic rings. The number of carbonyl (C=O) groups excluding carboxylic acids is 1. The number of hydrogen-bond acceptors (Lipinski definition) is 2. The van der Waals surface area contributed by atoms with Crippen LogP contribution in [0.4, 0.5) is 4.39 Å². The number of carbonyl (C=O) groups is 1. The second kappa shape index (κ2) is 5.97. The molecule has 0 aliphatic heterocycles. The lowest BCUT2D eigenvalue weighted by molar-refractivity contribution is 0.0992. The molecule has 0 spiro atoms. The molecule has 0 unspecified atom stereocenters. The smallest absolute Gasteiger partial charge is 0.167 e. The van der Waals surface area contributed by atoms with Gasteiger partial charge in [0, 0.05) is 16.5 Å². The highest BCUT2D eigenvalue weighted by Crippen LogP contribution is 2.18. The third-order valence-electron chi connectivity index (χ3n) is 2.71. The van der Waals surface area contributed by atoms with Crippen molar-refractivity contribution >= 4 is 21.7 Å². The Labute approximate surface area is 119 Å². The van der Waals surface area contributed by atoms with Gasteiger partial charge in [0.25, 0.3) is 0 Å². The van der Waals surface area contributed by atoms with E-state index in [0.29, 0.717) is 10.0 Å². The van der Waals surface area contributed by atoms with E-state index in [0.717, 1.165) is 11.3 Å². The Balaban J connectivity index is 2.15. The fourth-order valence-electron chi connectivity index (χ4n) is 1.75. The highest BCUT2D eigenvalue weighted by atomic mass is 79.9. The van der Waals surface area contributed by atoms with Gasteiger partial charge in [-0.3, -0.25) is 4.79 Å². The van der Waals surface area contributed by atoms with Crippen molar-refractivity contribution in [3.8, 4) is 5.75 Å². The first-order valence-corrected chi connectivity index (χ1v) is 6.50. The monoisotopic (exact) mass is 322 g/mol. The van der Waals surface area contributed by atoms with E-state index in [-0.39, 0.29) is 12.2 Å². The van der Waals surface area contributed by atoms with Crippen LogP contribution in [0.25, 0.3) is 0 Å². The summed E-state index contributed by atoms with van der Waals surface area (Å²) in [6, 6.07) is 11.4. The molecule has 4 heteroatoms. The summed E-state index contributed by atoms with van der Waals surface area (Å²) < 4.78 is 18.8. The molecule has 0 amide bonds. The van der Waals surface area contributed by atoms with Crippen LogP contribution in [0, 0.1) is 5.82 Å². The van der Waals surface area contributed by atoms with Crippen molar-refractivity contribution in [2.75, 3.05) is 7.11 Å². The van der Waals surface area contributed by atoms with E-state index in [1.807, 2.05) is 12.1 Å². The minimum absolute atomic E-state index is 0.120. The number of methoxy groups -OCH3 is 1. The number of Topliss-reactive ketones (excluding diaryl/α,β-unsaturated/α-hetero) is 1. The number of ether oxygens (including phenoxy) is 1. The van der Waals surface area contributed by atoms with Gasteiger partial charge < -0.3 is 4.74 Å². The Morgan fingerprint density at radius 1 is 1.21 bits per heavy atom. The maximum absolute atomic E-state index is 13.2. The standard InChI is InChI=1S/C15H12BrFO2/c1-19-14-4-2-10(3-5-14)6-15(18)11-7-12(16)9-13(17)8-11/h2-5,7-9H,6H2,1H3. The molecule has 0 aliphatic carbocycles. The largest absolute Gasteiger partial charge is 0.497 e. The van der Waals surface area contributed by atoms with E-state index in [9.17, 15) is 9.18 Å². The average Bonchev–Trinajstić information content (AvgIpc) is 2.38. The van der Waals surface area contributed by atoms with Gasteiger partial charge in [0.05, 0.1) is 7.11 Å². The van der Waals surface area contributed by atoms with Crippen LogP contribution < -0.4 is 4.74 Å². The first-order valence-electron chi connectivity index (χ1n) is 5.70. The van der Waals surface area contributed by atoms with Crippen molar-refractivity contribution in [1.82, 2.24) is 0 Å². The minimum atomic E-state index is -0.424.